The van der Waals surface area contributed by atoms with E-state index in [1.54, 1.807) is 14.1 Å². The molecule has 0 aliphatic rings. The van der Waals surface area contributed by atoms with E-state index >= 15 is 0 Å². The van der Waals surface area contributed by atoms with Gasteiger partial charge in [0.25, 0.3) is 0 Å². The van der Waals surface area contributed by atoms with Crippen LogP contribution in [-0.2, 0) is 11.3 Å². The number of aromatic nitrogens is 2. The lowest BCUT2D eigenvalue weighted by molar-refractivity contribution is -0.126. The fourth-order valence-corrected chi connectivity index (χ4v) is 1.05. The molecule has 0 unspecified atom stereocenters. The lowest BCUT2D eigenvalue weighted by Crippen LogP contribution is -2.35. The molecular formula is C11H21N5O2. The van der Waals surface area contributed by atoms with Crippen molar-refractivity contribution < 1.29 is 9.21 Å². The number of nitrogens with one attached hydrogen (secondary N) is 2. The molecule has 1 rings (SSSR count). The van der Waals surface area contributed by atoms with Crippen LogP contribution in [0.2, 0.25) is 0 Å². The Morgan fingerprint density at radius 1 is 1.33 bits per heavy atom. The van der Waals surface area contributed by atoms with Crippen LogP contribution in [0, 0.1) is 0 Å². The van der Waals surface area contributed by atoms with E-state index in [1.165, 1.54) is 4.90 Å². The summed E-state index contributed by atoms with van der Waals surface area (Å²) in [5.74, 6) is 0.437. The van der Waals surface area contributed by atoms with Crippen molar-refractivity contribution in [3.05, 3.63) is 5.89 Å². The van der Waals surface area contributed by atoms with Crippen LogP contribution < -0.4 is 10.6 Å². The van der Waals surface area contributed by atoms with E-state index in [2.05, 4.69) is 41.6 Å². The van der Waals surface area contributed by atoms with Gasteiger partial charge in [0, 0.05) is 19.6 Å². The van der Waals surface area contributed by atoms with E-state index < -0.39 is 0 Å². The first-order valence-corrected chi connectivity index (χ1v) is 5.79. The Hall–Kier alpha value is -1.63. The summed E-state index contributed by atoms with van der Waals surface area (Å²) in [7, 11) is 3.38. The van der Waals surface area contributed by atoms with Gasteiger partial charge < -0.3 is 20.0 Å². The van der Waals surface area contributed by atoms with Crippen LogP contribution in [0.15, 0.2) is 4.42 Å². The Morgan fingerprint density at radius 2 is 2.00 bits per heavy atom. The van der Waals surface area contributed by atoms with E-state index in [9.17, 15) is 4.79 Å². The molecule has 0 radical (unpaired) electrons. The standard InChI is InChI=1S/C11H21N5O2/c1-11(2,3)13-6-8-14-15-10(18-8)12-7-9(17)16(4)5/h13H,6-7H2,1-5H3,(H,12,15). The summed E-state index contributed by atoms with van der Waals surface area (Å²) in [6, 6.07) is 0.260. The second-order valence-corrected chi connectivity index (χ2v) is 5.25. The highest BCUT2D eigenvalue weighted by molar-refractivity contribution is 5.79. The van der Waals surface area contributed by atoms with Gasteiger partial charge in [0.2, 0.25) is 11.8 Å². The largest absolute Gasteiger partial charge is 0.407 e. The fourth-order valence-electron chi connectivity index (χ4n) is 1.05. The van der Waals surface area contributed by atoms with Gasteiger partial charge in [0.15, 0.2) is 0 Å². The number of nitrogens with zero attached hydrogens (tertiary/aromatic N) is 3. The van der Waals surface area contributed by atoms with E-state index in [0.717, 1.165) is 0 Å². The minimum atomic E-state index is -0.0532. The van der Waals surface area contributed by atoms with Crippen LogP contribution >= 0.6 is 0 Å². The quantitative estimate of drug-likeness (QED) is 0.795. The summed E-state index contributed by atoms with van der Waals surface area (Å²) < 4.78 is 5.34. The number of anilines is 1. The maximum Gasteiger partial charge on any atom is 0.315 e. The minimum absolute atomic E-state index is 0.0110. The summed E-state index contributed by atoms with van der Waals surface area (Å²) >= 11 is 0. The van der Waals surface area contributed by atoms with Crippen LogP contribution in [0.1, 0.15) is 26.7 Å². The van der Waals surface area contributed by atoms with Crippen molar-refractivity contribution in [3.8, 4) is 0 Å². The van der Waals surface area contributed by atoms with Crippen molar-refractivity contribution in [2.45, 2.75) is 32.9 Å². The maximum absolute atomic E-state index is 11.3. The summed E-state index contributed by atoms with van der Waals surface area (Å²) in [4.78, 5) is 12.8. The molecule has 0 saturated carbocycles. The molecule has 0 aliphatic heterocycles. The van der Waals surface area contributed by atoms with Crippen molar-refractivity contribution in [3.63, 3.8) is 0 Å². The minimum Gasteiger partial charge on any atom is -0.407 e. The van der Waals surface area contributed by atoms with Gasteiger partial charge in [-0.2, -0.15) is 0 Å². The van der Waals surface area contributed by atoms with E-state index in [-0.39, 0.29) is 24.0 Å². The molecule has 1 amide bonds. The van der Waals surface area contributed by atoms with E-state index in [1.807, 2.05) is 0 Å². The van der Waals surface area contributed by atoms with Gasteiger partial charge in [-0.1, -0.05) is 5.10 Å². The highest BCUT2D eigenvalue weighted by Gasteiger charge is 2.12. The second-order valence-electron chi connectivity index (χ2n) is 5.25. The zero-order valence-electron chi connectivity index (χ0n) is 11.6. The number of rotatable bonds is 5. The van der Waals surface area contributed by atoms with Gasteiger partial charge in [-0.15, -0.1) is 5.10 Å². The zero-order valence-corrected chi connectivity index (χ0v) is 11.6. The van der Waals surface area contributed by atoms with Crippen molar-refractivity contribution >= 4 is 11.9 Å². The Balaban J connectivity index is 2.41. The molecule has 2 N–H and O–H groups in total. The van der Waals surface area contributed by atoms with Gasteiger partial charge in [0.05, 0.1) is 13.1 Å². The molecular weight excluding hydrogens is 234 g/mol. The van der Waals surface area contributed by atoms with Gasteiger partial charge in [-0.3, -0.25) is 4.79 Å². The molecule has 0 spiro atoms. The van der Waals surface area contributed by atoms with E-state index in [0.29, 0.717) is 12.4 Å². The summed E-state index contributed by atoms with van der Waals surface area (Å²) in [5, 5.41) is 13.7. The molecule has 1 heterocycles. The van der Waals surface area contributed by atoms with Crippen molar-refractivity contribution in [1.82, 2.24) is 20.4 Å². The molecule has 18 heavy (non-hydrogen) atoms. The van der Waals surface area contributed by atoms with Crippen LogP contribution in [0.5, 0.6) is 0 Å². The highest BCUT2D eigenvalue weighted by atomic mass is 16.4. The molecule has 0 aromatic carbocycles. The number of hydrogen-bond donors (Lipinski definition) is 2. The number of amides is 1. The molecule has 0 aliphatic carbocycles. The number of likely N-dealkylation sites (N-methyl/N-ethyl adjacent to an activating group) is 1. The topological polar surface area (TPSA) is 83.3 Å². The number of hydrogen-bond acceptors (Lipinski definition) is 6. The van der Waals surface area contributed by atoms with Crippen LogP contribution in [0.4, 0.5) is 6.01 Å². The Kier molecular flexibility index (Phi) is 4.66. The molecule has 0 saturated heterocycles. The summed E-state index contributed by atoms with van der Waals surface area (Å²) in [6.45, 7) is 6.80. The smallest absolute Gasteiger partial charge is 0.315 e. The maximum atomic E-state index is 11.3. The molecule has 7 heteroatoms. The third-order valence-corrected chi connectivity index (χ3v) is 2.13. The molecule has 1 aromatic heterocycles. The first kappa shape index (κ1) is 14.4. The predicted molar refractivity (Wildman–Crippen MR) is 68.1 cm³/mol. The van der Waals surface area contributed by atoms with Gasteiger partial charge in [-0.05, 0) is 20.8 Å². The fraction of sp³-hybridized carbons (Fsp3) is 0.727. The second kappa shape index (κ2) is 5.81. The Morgan fingerprint density at radius 3 is 2.56 bits per heavy atom. The lowest BCUT2D eigenvalue weighted by Gasteiger charge is -2.18. The van der Waals surface area contributed by atoms with Crippen molar-refractivity contribution in [1.29, 1.82) is 0 Å². The monoisotopic (exact) mass is 255 g/mol. The predicted octanol–water partition coefficient (Wildman–Crippen LogP) is 0.458. The number of carbonyl (C=O) groups is 1. The van der Waals surface area contributed by atoms with Gasteiger partial charge in [-0.25, -0.2) is 0 Å². The average Bonchev–Trinajstić information content (AvgIpc) is 2.70. The molecule has 102 valence electrons. The first-order valence-electron chi connectivity index (χ1n) is 5.79. The van der Waals surface area contributed by atoms with Crippen molar-refractivity contribution in [2.24, 2.45) is 0 Å². The Bertz CT molecular complexity index is 394. The van der Waals surface area contributed by atoms with Gasteiger partial charge in [0.1, 0.15) is 0 Å². The SMILES string of the molecule is CN(C)C(=O)CNc1nnc(CNC(C)(C)C)o1. The van der Waals surface area contributed by atoms with E-state index in [4.69, 9.17) is 4.42 Å². The van der Waals surface area contributed by atoms with Crippen LogP contribution in [0.25, 0.3) is 0 Å². The molecule has 0 fully saturated rings. The van der Waals surface area contributed by atoms with Crippen LogP contribution in [0.3, 0.4) is 0 Å². The zero-order chi connectivity index (χ0) is 13.8. The number of carbonyl (C=O) groups excluding carboxylic acids is 1. The average molecular weight is 255 g/mol. The molecule has 0 atom stereocenters. The van der Waals surface area contributed by atoms with Crippen LogP contribution in [-0.4, -0.2) is 47.2 Å². The molecule has 1 aromatic rings. The third kappa shape index (κ3) is 5.13. The highest BCUT2D eigenvalue weighted by Crippen LogP contribution is 2.07. The normalized spacial score (nSPS) is 11.4. The van der Waals surface area contributed by atoms with Gasteiger partial charge >= 0.3 is 6.01 Å². The molecule has 0 bridgehead atoms. The summed E-state index contributed by atoms with van der Waals surface area (Å²) in [6.07, 6.45) is 0. The first-order chi connectivity index (χ1) is 8.28. The third-order valence-electron chi connectivity index (χ3n) is 2.13. The molecule has 7 nitrogen and oxygen atoms in total. The lowest BCUT2D eigenvalue weighted by atomic mass is 10.1. The van der Waals surface area contributed by atoms with Crippen molar-refractivity contribution in [2.75, 3.05) is 26.0 Å². The Labute approximate surface area is 107 Å². The summed E-state index contributed by atoms with van der Waals surface area (Å²) in [5.41, 5.74) is -0.0110.